The number of aromatic nitrogens is 3. The summed E-state index contributed by atoms with van der Waals surface area (Å²) in [4.78, 5) is 29.9. The summed E-state index contributed by atoms with van der Waals surface area (Å²) < 4.78 is 1.67. The first-order valence-electron chi connectivity index (χ1n) is 11.4. The Morgan fingerprint density at radius 2 is 1.65 bits per heavy atom. The molecule has 0 saturated heterocycles. The minimum atomic E-state index is -0.626. The summed E-state index contributed by atoms with van der Waals surface area (Å²) >= 11 is 0. The van der Waals surface area contributed by atoms with E-state index in [0.717, 1.165) is 27.6 Å². The SMILES string of the molecule is CC(NC(=O)[C@@H](NC(=O)Cc1cccc2ccccc12)C(C)C)c1ccc(-n2cncn2)cc1. The summed E-state index contributed by atoms with van der Waals surface area (Å²) in [5, 5.41) is 12.3. The zero-order valence-corrected chi connectivity index (χ0v) is 19.6. The fourth-order valence-corrected chi connectivity index (χ4v) is 4.02. The van der Waals surface area contributed by atoms with Gasteiger partial charge in [-0.2, -0.15) is 5.10 Å². The fourth-order valence-electron chi connectivity index (χ4n) is 4.02. The number of nitrogens with zero attached hydrogens (tertiary/aromatic N) is 3. The molecular formula is C27H29N5O2. The number of benzene rings is 3. The Morgan fingerprint density at radius 1 is 0.912 bits per heavy atom. The van der Waals surface area contributed by atoms with E-state index in [2.05, 4.69) is 20.7 Å². The van der Waals surface area contributed by atoms with Crippen LogP contribution in [0.5, 0.6) is 0 Å². The van der Waals surface area contributed by atoms with Gasteiger partial charge in [0.25, 0.3) is 0 Å². The molecule has 0 aliphatic heterocycles. The summed E-state index contributed by atoms with van der Waals surface area (Å²) in [6.07, 6.45) is 3.34. The van der Waals surface area contributed by atoms with Crippen LogP contribution in [-0.2, 0) is 16.0 Å². The minimum absolute atomic E-state index is 0.0571. The number of rotatable bonds is 8. The van der Waals surface area contributed by atoms with Crippen molar-refractivity contribution in [2.24, 2.45) is 5.92 Å². The normalized spacial score (nSPS) is 12.9. The molecule has 0 aliphatic rings. The van der Waals surface area contributed by atoms with E-state index in [9.17, 15) is 9.59 Å². The number of hydrogen-bond acceptors (Lipinski definition) is 4. The summed E-state index contributed by atoms with van der Waals surface area (Å²) in [6.45, 7) is 5.79. The molecule has 0 fully saturated rings. The highest BCUT2D eigenvalue weighted by Gasteiger charge is 2.25. The van der Waals surface area contributed by atoms with Crippen molar-refractivity contribution in [3.05, 3.63) is 90.5 Å². The van der Waals surface area contributed by atoms with E-state index >= 15 is 0 Å². The Morgan fingerprint density at radius 3 is 2.35 bits per heavy atom. The minimum Gasteiger partial charge on any atom is -0.348 e. The lowest BCUT2D eigenvalue weighted by Gasteiger charge is -2.24. The van der Waals surface area contributed by atoms with E-state index in [1.54, 1.807) is 11.0 Å². The van der Waals surface area contributed by atoms with Crippen LogP contribution in [0.4, 0.5) is 0 Å². The van der Waals surface area contributed by atoms with Crippen LogP contribution >= 0.6 is 0 Å². The van der Waals surface area contributed by atoms with Crippen molar-refractivity contribution in [1.82, 2.24) is 25.4 Å². The molecule has 7 heteroatoms. The van der Waals surface area contributed by atoms with Crippen LogP contribution < -0.4 is 10.6 Å². The van der Waals surface area contributed by atoms with Gasteiger partial charge in [-0.25, -0.2) is 9.67 Å². The number of nitrogens with one attached hydrogen (secondary N) is 2. The highest BCUT2D eigenvalue weighted by Crippen LogP contribution is 2.19. The third kappa shape index (κ3) is 5.31. The van der Waals surface area contributed by atoms with Gasteiger partial charge in [0.15, 0.2) is 0 Å². The molecule has 0 radical (unpaired) electrons. The molecule has 2 N–H and O–H groups in total. The second-order valence-corrected chi connectivity index (χ2v) is 8.77. The van der Waals surface area contributed by atoms with Gasteiger partial charge >= 0.3 is 0 Å². The smallest absolute Gasteiger partial charge is 0.243 e. The molecule has 0 aliphatic carbocycles. The maximum absolute atomic E-state index is 13.1. The van der Waals surface area contributed by atoms with Crippen LogP contribution in [0, 0.1) is 5.92 Å². The molecule has 2 atom stereocenters. The molecule has 3 aromatic carbocycles. The maximum Gasteiger partial charge on any atom is 0.243 e. The van der Waals surface area contributed by atoms with Gasteiger partial charge in [-0.1, -0.05) is 68.4 Å². The van der Waals surface area contributed by atoms with Crippen LogP contribution in [0.1, 0.15) is 37.9 Å². The van der Waals surface area contributed by atoms with Gasteiger partial charge in [0.1, 0.15) is 18.7 Å². The average molecular weight is 456 g/mol. The molecule has 34 heavy (non-hydrogen) atoms. The first kappa shape index (κ1) is 23.2. The van der Waals surface area contributed by atoms with Crippen molar-refractivity contribution in [2.75, 3.05) is 0 Å². The van der Waals surface area contributed by atoms with Crippen LogP contribution in [-0.4, -0.2) is 32.6 Å². The molecule has 0 spiro atoms. The van der Waals surface area contributed by atoms with E-state index in [1.165, 1.54) is 6.33 Å². The summed E-state index contributed by atoms with van der Waals surface area (Å²) in [6, 6.07) is 20.8. The third-order valence-electron chi connectivity index (χ3n) is 5.93. The van der Waals surface area contributed by atoms with E-state index < -0.39 is 6.04 Å². The lowest BCUT2D eigenvalue weighted by atomic mass is 9.99. The van der Waals surface area contributed by atoms with Crippen molar-refractivity contribution in [2.45, 2.75) is 39.3 Å². The standard InChI is InChI=1S/C27H29N5O2/c1-18(2)26(31-25(33)15-22-9-6-8-21-7-4-5-10-24(21)22)27(34)30-19(3)20-11-13-23(14-12-20)32-17-28-16-29-32/h4-14,16-19,26H,15H2,1-3H3,(H,30,34)(H,31,33)/t19?,26-/m0/s1. The molecule has 1 aromatic heterocycles. The predicted molar refractivity (Wildman–Crippen MR) is 132 cm³/mol. The van der Waals surface area contributed by atoms with E-state index in [-0.39, 0.29) is 30.2 Å². The van der Waals surface area contributed by atoms with Gasteiger partial charge in [-0.15, -0.1) is 0 Å². The molecule has 7 nitrogen and oxygen atoms in total. The number of amides is 2. The lowest BCUT2D eigenvalue weighted by molar-refractivity contribution is -0.130. The van der Waals surface area contributed by atoms with Crippen molar-refractivity contribution in [3.8, 4) is 5.69 Å². The molecule has 2 amide bonds. The number of carbonyl (C=O) groups is 2. The van der Waals surface area contributed by atoms with Crippen LogP contribution in [0.3, 0.4) is 0 Å². The second-order valence-electron chi connectivity index (χ2n) is 8.77. The Hall–Kier alpha value is -4.00. The van der Waals surface area contributed by atoms with Crippen molar-refractivity contribution in [3.63, 3.8) is 0 Å². The van der Waals surface area contributed by atoms with E-state index in [0.29, 0.717) is 0 Å². The van der Waals surface area contributed by atoms with Gasteiger partial charge in [0.05, 0.1) is 18.2 Å². The van der Waals surface area contributed by atoms with E-state index in [4.69, 9.17) is 0 Å². The Kier molecular flexibility index (Phi) is 7.01. The van der Waals surface area contributed by atoms with Crippen molar-refractivity contribution >= 4 is 22.6 Å². The molecule has 4 aromatic rings. The average Bonchev–Trinajstić information content (AvgIpc) is 3.38. The molecular weight excluding hydrogens is 426 g/mol. The molecule has 0 bridgehead atoms. The largest absolute Gasteiger partial charge is 0.348 e. The highest BCUT2D eigenvalue weighted by atomic mass is 16.2. The lowest BCUT2D eigenvalue weighted by Crippen LogP contribution is -2.50. The molecule has 1 unspecified atom stereocenters. The first-order chi connectivity index (χ1) is 16.4. The van der Waals surface area contributed by atoms with Crippen molar-refractivity contribution < 1.29 is 9.59 Å². The van der Waals surface area contributed by atoms with Crippen molar-refractivity contribution in [1.29, 1.82) is 0 Å². The predicted octanol–water partition coefficient (Wildman–Crippen LogP) is 3.98. The molecule has 4 rings (SSSR count). The summed E-state index contributed by atoms with van der Waals surface area (Å²) in [5.74, 6) is -0.428. The van der Waals surface area contributed by atoms with Crippen LogP contribution in [0.2, 0.25) is 0 Å². The van der Waals surface area contributed by atoms with Crippen LogP contribution in [0.25, 0.3) is 16.5 Å². The van der Waals surface area contributed by atoms with Crippen LogP contribution in [0.15, 0.2) is 79.4 Å². The molecule has 0 saturated carbocycles. The quantitative estimate of drug-likeness (QED) is 0.421. The maximum atomic E-state index is 13.1. The first-order valence-corrected chi connectivity index (χ1v) is 11.4. The third-order valence-corrected chi connectivity index (χ3v) is 5.93. The number of fused-ring (bicyclic) bond motifs is 1. The number of hydrogen-bond donors (Lipinski definition) is 2. The number of carbonyl (C=O) groups excluding carboxylic acids is 2. The van der Waals surface area contributed by atoms with E-state index in [1.807, 2.05) is 87.5 Å². The Balaban J connectivity index is 1.40. The van der Waals surface area contributed by atoms with Gasteiger partial charge in [0.2, 0.25) is 11.8 Å². The fraction of sp³-hybridized carbons (Fsp3) is 0.259. The van der Waals surface area contributed by atoms with Gasteiger partial charge in [-0.3, -0.25) is 9.59 Å². The zero-order valence-electron chi connectivity index (χ0n) is 19.6. The van der Waals surface area contributed by atoms with Gasteiger partial charge < -0.3 is 10.6 Å². The second kappa shape index (κ2) is 10.3. The zero-order chi connectivity index (χ0) is 24.1. The molecule has 1 heterocycles. The monoisotopic (exact) mass is 455 g/mol. The Bertz CT molecular complexity index is 1260. The molecule has 174 valence electrons. The van der Waals surface area contributed by atoms with Gasteiger partial charge in [0, 0.05) is 0 Å². The highest BCUT2D eigenvalue weighted by molar-refractivity contribution is 5.92. The Labute approximate surface area is 199 Å². The topological polar surface area (TPSA) is 88.9 Å². The summed E-state index contributed by atoms with van der Waals surface area (Å²) in [5.41, 5.74) is 2.79. The van der Waals surface area contributed by atoms with Gasteiger partial charge in [-0.05, 0) is 46.9 Å². The summed E-state index contributed by atoms with van der Waals surface area (Å²) in [7, 11) is 0.